The zero-order valence-electron chi connectivity index (χ0n) is 9.04. The minimum atomic E-state index is -0.512. The monoisotopic (exact) mass is 229 g/mol. The summed E-state index contributed by atoms with van der Waals surface area (Å²) < 4.78 is 5.01. The fourth-order valence-corrected chi connectivity index (χ4v) is 1.22. The molecule has 1 N–H and O–H groups in total. The second-order valence-electron chi connectivity index (χ2n) is 3.30. The highest BCUT2D eigenvalue weighted by molar-refractivity contribution is 5.84. The van der Waals surface area contributed by atoms with E-state index in [1.165, 1.54) is 0 Å². The van der Waals surface area contributed by atoms with Gasteiger partial charge in [-0.1, -0.05) is 6.07 Å². The Hall–Kier alpha value is -2.43. The van der Waals surface area contributed by atoms with Gasteiger partial charge >= 0.3 is 6.09 Å². The van der Waals surface area contributed by atoms with Crippen LogP contribution < -0.4 is 5.32 Å². The van der Waals surface area contributed by atoms with Gasteiger partial charge in [0.15, 0.2) is 0 Å². The Labute approximate surface area is 98.5 Å². The van der Waals surface area contributed by atoms with E-state index in [0.29, 0.717) is 5.69 Å². The van der Waals surface area contributed by atoms with E-state index in [1.807, 2.05) is 6.07 Å². The van der Waals surface area contributed by atoms with Crippen LogP contribution in [0.15, 0.2) is 49.1 Å². The van der Waals surface area contributed by atoms with Gasteiger partial charge in [0.2, 0.25) is 0 Å². The van der Waals surface area contributed by atoms with Gasteiger partial charge in [-0.15, -0.1) is 0 Å². The van der Waals surface area contributed by atoms with Gasteiger partial charge in [-0.3, -0.25) is 15.3 Å². The maximum atomic E-state index is 11.4. The van der Waals surface area contributed by atoms with Crippen molar-refractivity contribution in [1.82, 2.24) is 9.97 Å². The second-order valence-corrected chi connectivity index (χ2v) is 3.30. The Morgan fingerprint density at radius 2 is 1.94 bits per heavy atom. The molecule has 86 valence electrons. The lowest BCUT2D eigenvalue weighted by Gasteiger charge is -2.06. The number of amides is 1. The largest absolute Gasteiger partial charge is 0.444 e. The average Bonchev–Trinajstić information content (AvgIpc) is 2.39. The number of ether oxygens (including phenoxy) is 1. The number of carbonyl (C=O) groups is 1. The summed E-state index contributed by atoms with van der Waals surface area (Å²) in [6.45, 7) is 0.194. The van der Waals surface area contributed by atoms with Gasteiger partial charge in [-0.05, 0) is 18.2 Å². The third-order valence-corrected chi connectivity index (χ3v) is 2.00. The normalized spacial score (nSPS) is 9.65. The second kappa shape index (κ2) is 5.60. The van der Waals surface area contributed by atoms with Crippen molar-refractivity contribution in [1.29, 1.82) is 0 Å². The molecule has 0 aromatic carbocycles. The van der Waals surface area contributed by atoms with Gasteiger partial charge in [0.05, 0.1) is 11.9 Å². The van der Waals surface area contributed by atoms with Gasteiger partial charge in [-0.25, -0.2) is 4.79 Å². The first-order valence-electron chi connectivity index (χ1n) is 5.07. The SMILES string of the molecule is O=C(Nc1cccnc1)OCc1cccnc1. The lowest BCUT2D eigenvalue weighted by molar-refractivity contribution is 0.155. The minimum Gasteiger partial charge on any atom is -0.444 e. The van der Waals surface area contributed by atoms with Crippen molar-refractivity contribution < 1.29 is 9.53 Å². The first-order valence-corrected chi connectivity index (χ1v) is 5.07. The van der Waals surface area contributed by atoms with Crippen LogP contribution >= 0.6 is 0 Å². The molecule has 5 heteroatoms. The Balaban J connectivity index is 1.83. The zero-order valence-corrected chi connectivity index (χ0v) is 9.04. The summed E-state index contributed by atoms with van der Waals surface area (Å²) in [4.78, 5) is 19.2. The van der Waals surface area contributed by atoms with Crippen LogP contribution in [0.2, 0.25) is 0 Å². The highest BCUT2D eigenvalue weighted by atomic mass is 16.5. The van der Waals surface area contributed by atoms with E-state index in [4.69, 9.17) is 4.74 Å². The van der Waals surface area contributed by atoms with Crippen molar-refractivity contribution in [2.45, 2.75) is 6.61 Å². The predicted molar refractivity (Wildman–Crippen MR) is 62.3 cm³/mol. The van der Waals surface area contributed by atoms with Crippen LogP contribution in [0.1, 0.15) is 5.56 Å². The number of hydrogen-bond acceptors (Lipinski definition) is 4. The molecule has 0 atom stereocenters. The number of hydrogen-bond donors (Lipinski definition) is 1. The lowest BCUT2D eigenvalue weighted by atomic mass is 10.3. The van der Waals surface area contributed by atoms with Crippen molar-refractivity contribution in [2.24, 2.45) is 0 Å². The number of nitrogens with one attached hydrogen (secondary N) is 1. The molecule has 1 amide bonds. The summed E-state index contributed by atoms with van der Waals surface area (Å²) in [5, 5.41) is 2.57. The molecular formula is C12H11N3O2. The van der Waals surface area contributed by atoms with Crippen LogP contribution in [-0.4, -0.2) is 16.1 Å². The molecule has 0 saturated heterocycles. The molecule has 0 aliphatic heterocycles. The Morgan fingerprint density at radius 1 is 1.18 bits per heavy atom. The first kappa shape index (κ1) is 11.1. The molecule has 0 aliphatic carbocycles. The summed E-state index contributed by atoms with van der Waals surface area (Å²) in [5.74, 6) is 0. The van der Waals surface area contributed by atoms with E-state index < -0.39 is 6.09 Å². The van der Waals surface area contributed by atoms with Gasteiger partial charge in [-0.2, -0.15) is 0 Å². The lowest BCUT2D eigenvalue weighted by Crippen LogP contribution is -2.13. The molecule has 0 aliphatic rings. The van der Waals surface area contributed by atoms with Crippen molar-refractivity contribution >= 4 is 11.8 Å². The molecule has 2 aromatic rings. The quantitative estimate of drug-likeness (QED) is 0.876. The van der Waals surface area contributed by atoms with E-state index in [9.17, 15) is 4.79 Å². The molecule has 0 unspecified atom stereocenters. The maximum absolute atomic E-state index is 11.4. The zero-order chi connectivity index (χ0) is 11.9. The number of aromatic nitrogens is 2. The van der Waals surface area contributed by atoms with Crippen LogP contribution in [-0.2, 0) is 11.3 Å². The first-order chi connectivity index (χ1) is 8.34. The molecule has 2 aromatic heterocycles. The van der Waals surface area contributed by atoms with Crippen molar-refractivity contribution in [2.75, 3.05) is 5.32 Å². The minimum absolute atomic E-state index is 0.194. The van der Waals surface area contributed by atoms with Crippen LogP contribution in [0.25, 0.3) is 0 Å². The topological polar surface area (TPSA) is 64.1 Å². The van der Waals surface area contributed by atoms with E-state index in [0.717, 1.165) is 5.56 Å². The molecule has 0 radical (unpaired) electrons. The number of rotatable bonds is 3. The Kier molecular flexibility index (Phi) is 3.64. The van der Waals surface area contributed by atoms with Crippen LogP contribution in [0.3, 0.4) is 0 Å². The van der Waals surface area contributed by atoms with Crippen LogP contribution in [0, 0.1) is 0 Å². The predicted octanol–water partition coefficient (Wildman–Crippen LogP) is 2.23. The van der Waals surface area contributed by atoms with Crippen molar-refractivity contribution in [3.8, 4) is 0 Å². The van der Waals surface area contributed by atoms with Gasteiger partial charge in [0.1, 0.15) is 6.61 Å². The number of pyridine rings is 2. The van der Waals surface area contributed by atoms with Crippen molar-refractivity contribution in [3.63, 3.8) is 0 Å². The van der Waals surface area contributed by atoms with Gasteiger partial charge in [0, 0.05) is 24.2 Å². The number of carbonyl (C=O) groups excluding carboxylic acids is 1. The van der Waals surface area contributed by atoms with Gasteiger partial charge in [0.25, 0.3) is 0 Å². The summed E-state index contributed by atoms with van der Waals surface area (Å²) in [6, 6.07) is 7.09. The molecular weight excluding hydrogens is 218 g/mol. The molecule has 2 heterocycles. The molecule has 5 nitrogen and oxygen atoms in total. The van der Waals surface area contributed by atoms with E-state index in [1.54, 1.807) is 43.0 Å². The van der Waals surface area contributed by atoms with E-state index >= 15 is 0 Å². The molecule has 0 bridgehead atoms. The van der Waals surface area contributed by atoms with E-state index in [2.05, 4.69) is 15.3 Å². The molecule has 0 fully saturated rings. The Bertz CT molecular complexity index is 474. The number of nitrogens with zero attached hydrogens (tertiary/aromatic N) is 2. The molecule has 2 rings (SSSR count). The summed E-state index contributed by atoms with van der Waals surface area (Å²) in [7, 11) is 0. The van der Waals surface area contributed by atoms with E-state index in [-0.39, 0.29) is 6.61 Å². The van der Waals surface area contributed by atoms with Crippen LogP contribution in [0.5, 0.6) is 0 Å². The summed E-state index contributed by atoms with van der Waals surface area (Å²) in [5.41, 5.74) is 1.44. The summed E-state index contributed by atoms with van der Waals surface area (Å²) >= 11 is 0. The molecule has 0 spiro atoms. The van der Waals surface area contributed by atoms with Crippen molar-refractivity contribution in [3.05, 3.63) is 54.6 Å². The highest BCUT2D eigenvalue weighted by Crippen LogP contribution is 2.04. The maximum Gasteiger partial charge on any atom is 0.412 e. The smallest absolute Gasteiger partial charge is 0.412 e. The number of anilines is 1. The highest BCUT2D eigenvalue weighted by Gasteiger charge is 2.03. The average molecular weight is 229 g/mol. The standard InChI is InChI=1S/C12H11N3O2/c16-12(15-11-4-2-6-14-8-11)17-9-10-3-1-5-13-7-10/h1-8H,9H2,(H,15,16). The summed E-state index contributed by atoms with van der Waals surface area (Å²) in [6.07, 6.45) is 5.98. The van der Waals surface area contributed by atoms with Crippen LogP contribution in [0.4, 0.5) is 10.5 Å². The third-order valence-electron chi connectivity index (χ3n) is 2.00. The van der Waals surface area contributed by atoms with Gasteiger partial charge < -0.3 is 4.74 Å². The fourth-order valence-electron chi connectivity index (χ4n) is 1.22. The molecule has 17 heavy (non-hydrogen) atoms. The Morgan fingerprint density at radius 3 is 2.59 bits per heavy atom. The fraction of sp³-hybridized carbons (Fsp3) is 0.0833. The molecule has 0 saturated carbocycles. The third kappa shape index (κ3) is 3.57.